The largest absolute Gasteiger partial charge is 0.390 e. The van der Waals surface area contributed by atoms with E-state index >= 15 is 0 Å². The van der Waals surface area contributed by atoms with Gasteiger partial charge in [-0.1, -0.05) is 11.6 Å². The topological polar surface area (TPSA) is 113 Å². The number of aromatic nitrogens is 4. The number of nitrogens with one attached hydrogen (secondary N) is 1. The van der Waals surface area contributed by atoms with Crippen molar-refractivity contribution >= 4 is 28.3 Å². The summed E-state index contributed by atoms with van der Waals surface area (Å²) in [6.45, 7) is 1.50. The lowest BCUT2D eigenvalue weighted by Gasteiger charge is -2.25. The predicted octanol–water partition coefficient (Wildman–Crippen LogP) is 2.52. The molecule has 1 saturated heterocycles. The summed E-state index contributed by atoms with van der Waals surface area (Å²) < 4.78 is 1.40. The van der Waals surface area contributed by atoms with Crippen LogP contribution in [0.15, 0.2) is 30.6 Å². The minimum Gasteiger partial charge on any atom is -0.390 e. The summed E-state index contributed by atoms with van der Waals surface area (Å²) >= 11 is 6.04. The maximum absolute atomic E-state index is 10.7. The van der Waals surface area contributed by atoms with Gasteiger partial charge in [-0.2, -0.15) is 5.10 Å². The molecule has 142 valence electrons. The summed E-state index contributed by atoms with van der Waals surface area (Å²) in [6.07, 6.45) is 3.79. The first kappa shape index (κ1) is 17.9. The highest BCUT2D eigenvalue weighted by Gasteiger charge is 2.30. The van der Waals surface area contributed by atoms with Gasteiger partial charge in [-0.15, -0.1) is 0 Å². The highest BCUT2D eigenvalue weighted by Crippen LogP contribution is 2.32. The number of imidazole rings is 1. The molecule has 0 aliphatic carbocycles. The lowest BCUT2D eigenvalue weighted by atomic mass is 10.2. The van der Waals surface area contributed by atoms with Crippen molar-refractivity contribution in [3.05, 3.63) is 51.6 Å². The number of nitrogens with zero attached hydrogens (tertiary/aromatic N) is 5. The molecule has 2 aromatic heterocycles. The van der Waals surface area contributed by atoms with E-state index in [1.807, 2.05) is 18.2 Å². The first-order valence-electron chi connectivity index (χ1n) is 8.74. The number of halogens is 1. The molecule has 9 nitrogen and oxygen atoms in total. The Morgan fingerprint density at radius 3 is 3.07 bits per heavy atom. The zero-order valence-corrected chi connectivity index (χ0v) is 15.2. The molecule has 1 aliphatic heterocycles. The van der Waals surface area contributed by atoms with Crippen LogP contribution in [-0.2, 0) is 6.54 Å². The number of nitro groups is 1. The van der Waals surface area contributed by atoms with Gasteiger partial charge in [0.25, 0.3) is 0 Å². The zero-order chi connectivity index (χ0) is 19.0. The Bertz CT molecular complexity index is 971. The number of benzene rings is 1. The highest BCUT2D eigenvalue weighted by molar-refractivity contribution is 6.31. The van der Waals surface area contributed by atoms with Crippen LogP contribution in [0, 0.1) is 10.1 Å². The summed E-state index contributed by atoms with van der Waals surface area (Å²) in [7, 11) is 0. The summed E-state index contributed by atoms with van der Waals surface area (Å²) in [5.41, 5.74) is 1.68. The summed E-state index contributed by atoms with van der Waals surface area (Å²) in [5.74, 6) is 0.867. The van der Waals surface area contributed by atoms with E-state index in [9.17, 15) is 15.2 Å². The third-order valence-electron chi connectivity index (χ3n) is 4.82. The molecule has 4 rings (SSSR count). The second kappa shape index (κ2) is 7.26. The molecule has 3 heterocycles. The molecule has 1 aromatic carbocycles. The van der Waals surface area contributed by atoms with E-state index in [2.05, 4.69) is 20.0 Å². The average Bonchev–Trinajstić information content (AvgIpc) is 3.33. The lowest BCUT2D eigenvalue weighted by molar-refractivity contribution is -0.385. The molecule has 27 heavy (non-hydrogen) atoms. The van der Waals surface area contributed by atoms with Crippen molar-refractivity contribution in [2.45, 2.75) is 31.5 Å². The number of hydrogen-bond acceptors (Lipinski definition) is 6. The van der Waals surface area contributed by atoms with Gasteiger partial charge in [-0.3, -0.25) is 19.7 Å². The smallest absolute Gasteiger partial charge is 0.306 e. The van der Waals surface area contributed by atoms with Gasteiger partial charge in [0.15, 0.2) is 0 Å². The van der Waals surface area contributed by atoms with Crippen molar-refractivity contribution in [1.29, 1.82) is 0 Å². The van der Waals surface area contributed by atoms with Crippen molar-refractivity contribution < 1.29 is 10.0 Å². The van der Waals surface area contributed by atoms with Crippen LogP contribution >= 0.6 is 11.6 Å². The minimum atomic E-state index is -0.691. The number of H-pyrrole nitrogens is 1. The van der Waals surface area contributed by atoms with Gasteiger partial charge >= 0.3 is 5.69 Å². The van der Waals surface area contributed by atoms with Gasteiger partial charge in [-0.05, 0) is 37.6 Å². The molecule has 0 amide bonds. The van der Waals surface area contributed by atoms with Crippen molar-refractivity contribution in [1.82, 2.24) is 24.6 Å². The molecule has 2 atom stereocenters. The molecular weight excluding hydrogens is 372 g/mol. The predicted molar refractivity (Wildman–Crippen MR) is 99.5 cm³/mol. The maximum atomic E-state index is 10.7. The number of hydrogen-bond donors (Lipinski definition) is 2. The van der Waals surface area contributed by atoms with Crippen LogP contribution in [0.5, 0.6) is 0 Å². The molecule has 0 bridgehead atoms. The number of likely N-dealkylation sites (tertiary alicyclic amines) is 1. The molecule has 1 aliphatic rings. The number of aromatic amines is 1. The SMILES string of the molecule is O=[N+]([O-])c1cnn(C[C@@H](O)CN2CCC[C@H]2c2nc3ccc(Cl)cc3[nH]2)c1. The van der Waals surface area contributed by atoms with Crippen molar-refractivity contribution in [3.63, 3.8) is 0 Å². The van der Waals surface area contributed by atoms with E-state index in [4.69, 9.17) is 11.6 Å². The van der Waals surface area contributed by atoms with E-state index in [1.54, 1.807) is 0 Å². The van der Waals surface area contributed by atoms with E-state index in [0.717, 1.165) is 36.2 Å². The molecule has 0 unspecified atom stereocenters. The van der Waals surface area contributed by atoms with Crippen molar-refractivity contribution in [2.24, 2.45) is 0 Å². The fourth-order valence-corrected chi connectivity index (χ4v) is 3.78. The van der Waals surface area contributed by atoms with Gasteiger partial charge in [0.05, 0.1) is 34.6 Å². The van der Waals surface area contributed by atoms with Gasteiger partial charge in [0.2, 0.25) is 0 Å². The number of rotatable bonds is 6. The third kappa shape index (κ3) is 3.80. The van der Waals surface area contributed by atoms with Crippen molar-refractivity contribution in [3.8, 4) is 0 Å². The van der Waals surface area contributed by atoms with E-state index in [-0.39, 0.29) is 18.3 Å². The Labute approximate surface area is 159 Å². The monoisotopic (exact) mass is 390 g/mol. The van der Waals surface area contributed by atoms with E-state index in [1.165, 1.54) is 17.1 Å². The van der Waals surface area contributed by atoms with E-state index in [0.29, 0.717) is 11.6 Å². The molecule has 3 aromatic rings. The van der Waals surface area contributed by atoms with Gasteiger partial charge in [0, 0.05) is 11.6 Å². The minimum absolute atomic E-state index is 0.0813. The number of β-amino-alcohol motifs (C(OH)–C–C–N with tert-alkyl or cyclic N) is 1. The Morgan fingerprint density at radius 2 is 2.30 bits per heavy atom. The van der Waals surface area contributed by atoms with Crippen molar-refractivity contribution in [2.75, 3.05) is 13.1 Å². The Hall–Kier alpha value is -2.49. The first-order chi connectivity index (χ1) is 13.0. The molecule has 0 radical (unpaired) electrons. The van der Waals surface area contributed by atoms with Crippen LogP contribution in [0.3, 0.4) is 0 Å². The van der Waals surface area contributed by atoms with E-state index < -0.39 is 11.0 Å². The molecule has 0 spiro atoms. The molecule has 10 heteroatoms. The number of aliphatic hydroxyl groups excluding tert-OH is 1. The second-order valence-electron chi connectivity index (χ2n) is 6.77. The van der Waals surface area contributed by atoms with Crippen LogP contribution in [0.2, 0.25) is 5.02 Å². The zero-order valence-electron chi connectivity index (χ0n) is 14.5. The van der Waals surface area contributed by atoms with Crippen LogP contribution in [0.1, 0.15) is 24.7 Å². The fraction of sp³-hybridized carbons (Fsp3) is 0.412. The van der Waals surface area contributed by atoms with Gasteiger partial charge < -0.3 is 10.1 Å². The standard InChI is InChI=1S/C17H19ClN6O3/c18-11-3-4-14-15(6-11)21-17(20-14)16-2-1-5-22(16)9-13(25)10-23-8-12(7-19-23)24(26)27/h3-4,6-8,13,16,25H,1-2,5,9-10H2,(H,20,21)/t13-,16-/m0/s1. The lowest BCUT2D eigenvalue weighted by Crippen LogP contribution is -2.34. The number of fused-ring (bicyclic) bond motifs is 1. The summed E-state index contributed by atoms with van der Waals surface area (Å²) in [6, 6.07) is 5.65. The fourth-order valence-electron chi connectivity index (χ4n) is 3.60. The quantitative estimate of drug-likeness (QED) is 0.494. The number of aliphatic hydroxyl groups is 1. The summed E-state index contributed by atoms with van der Waals surface area (Å²) in [5, 5.41) is 25.8. The summed E-state index contributed by atoms with van der Waals surface area (Å²) in [4.78, 5) is 20.4. The second-order valence-corrected chi connectivity index (χ2v) is 7.20. The highest BCUT2D eigenvalue weighted by atomic mass is 35.5. The Morgan fingerprint density at radius 1 is 1.44 bits per heavy atom. The van der Waals surface area contributed by atoms with Gasteiger partial charge in [-0.25, -0.2) is 4.98 Å². The molecule has 1 fully saturated rings. The molecule has 2 N–H and O–H groups in total. The maximum Gasteiger partial charge on any atom is 0.306 e. The van der Waals surface area contributed by atoms with Crippen LogP contribution in [0.25, 0.3) is 11.0 Å². The normalized spacial score (nSPS) is 19.0. The Balaban J connectivity index is 1.44. The first-order valence-corrected chi connectivity index (χ1v) is 9.11. The van der Waals surface area contributed by atoms with Crippen LogP contribution in [-0.4, -0.2) is 53.9 Å². The molecular formula is C17H19ClN6O3. The van der Waals surface area contributed by atoms with Gasteiger partial charge in [0.1, 0.15) is 18.2 Å². The average molecular weight is 391 g/mol. The molecule has 0 saturated carbocycles. The Kier molecular flexibility index (Phi) is 4.81. The third-order valence-corrected chi connectivity index (χ3v) is 5.05. The van der Waals surface area contributed by atoms with Crippen LogP contribution in [0.4, 0.5) is 5.69 Å². The van der Waals surface area contributed by atoms with Crippen LogP contribution < -0.4 is 0 Å².